The SMILES string of the molecule is CCc1ccccc1-n1c(C)cc(/C=C2\SC(=O)N(CC(=O)Nc3ccc(C)c(C)c3)C2=O)c1C. The number of hydrogen-bond donors (Lipinski definition) is 1. The number of benzene rings is 2. The zero-order valence-corrected chi connectivity index (χ0v) is 21.5. The first kappa shape index (κ1) is 24.5. The second-order valence-corrected chi connectivity index (χ2v) is 9.75. The summed E-state index contributed by atoms with van der Waals surface area (Å²) in [4.78, 5) is 39.5. The third-order valence-electron chi connectivity index (χ3n) is 6.34. The molecule has 1 aromatic heterocycles. The summed E-state index contributed by atoms with van der Waals surface area (Å²) in [6.07, 6.45) is 2.66. The zero-order chi connectivity index (χ0) is 25.3. The van der Waals surface area contributed by atoms with Gasteiger partial charge in [-0.05, 0) is 98.5 Å². The molecule has 180 valence electrons. The Hall–Kier alpha value is -3.58. The van der Waals surface area contributed by atoms with E-state index in [4.69, 9.17) is 0 Å². The second kappa shape index (κ2) is 9.96. The molecule has 0 aliphatic carbocycles. The van der Waals surface area contributed by atoms with Crippen LogP contribution in [0.15, 0.2) is 53.4 Å². The molecule has 2 heterocycles. The number of carbonyl (C=O) groups is 3. The van der Waals surface area contributed by atoms with E-state index in [0.29, 0.717) is 10.6 Å². The van der Waals surface area contributed by atoms with Crippen LogP contribution in [0.4, 0.5) is 10.5 Å². The van der Waals surface area contributed by atoms with Gasteiger partial charge in [-0.15, -0.1) is 0 Å². The first-order valence-electron chi connectivity index (χ1n) is 11.6. The van der Waals surface area contributed by atoms with Gasteiger partial charge in [0.05, 0.1) is 4.91 Å². The number of nitrogens with one attached hydrogen (secondary N) is 1. The minimum Gasteiger partial charge on any atom is -0.325 e. The van der Waals surface area contributed by atoms with Crippen LogP contribution in [-0.4, -0.2) is 33.1 Å². The molecule has 0 saturated carbocycles. The summed E-state index contributed by atoms with van der Waals surface area (Å²) in [7, 11) is 0. The topological polar surface area (TPSA) is 71.4 Å². The van der Waals surface area contributed by atoms with Gasteiger partial charge in [0.15, 0.2) is 0 Å². The number of aromatic nitrogens is 1. The van der Waals surface area contributed by atoms with Crippen LogP contribution < -0.4 is 5.32 Å². The normalized spacial score (nSPS) is 14.8. The van der Waals surface area contributed by atoms with Crippen LogP contribution >= 0.6 is 11.8 Å². The smallest absolute Gasteiger partial charge is 0.294 e. The summed E-state index contributed by atoms with van der Waals surface area (Å²) in [5.41, 5.74) is 8.06. The largest absolute Gasteiger partial charge is 0.325 e. The molecule has 35 heavy (non-hydrogen) atoms. The van der Waals surface area contributed by atoms with E-state index in [2.05, 4.69) is 28.9 Å². The molecule has 1 fully saturated rings. The number of amides is 3. The maximum atomic E-state index is 13.0. The van der Waals surface area contributed by atoms with Crippen molar-refractivity contribution in [3.05, 3.63) is 87.1 Å². The van der Waals surface area contributed by atoms with Crippen molar-refractivity contribution in [2.45, 2.75) is 41.0 Å². The Morgan fingerprint density at radius 2 is 1.74 bits per heavy atom. The van der Waals surface area contributed by atoms with Gasteiger partial charge in [0, 0.05) is 22.8 Å². The van der Waals surface area contributed by atoms with Crippen LogP contribution in [0.3, 0.4) is 0 Å². The number of anilines is 1. The van der Waals surface area contributed by atoms with E-state index in [1.807, 2.05) is 58.0 Å². The predicted octanol–water partition coefficient (Wildman–Crippen LogP) is 5.95. The highest BCUT2D eigenvalue weighted by Gasteiger charge is 2.36. The Kier molecular flexibility index (Phi) is 6.98. The maximum Gasteiger partial charge on any atom is 0.294 e. The maximum absolute atomic E-state index is 13.0. The summed E-state index contributed by atoms with van der Waals surface area (Å²) in [6.45, 7) is 9.79. The van der Waals surface area contributed by atoms with Crippen molar-refractivity contribution in [3.8, 4) is 5.69 Å². The van der Waals surface area contributed by atoms with Gasteiger partial charge in [0.1, 0.15) is 6.54 Å². The molecule has 4 rings (SSSR count). The van der Waals surface area contributed by atoms with E-state index in [-0.39, 0.29) is 6.54 Å². The highest BCUT2D eigenvalue weighted by Crippen LogP contribution is 2.34. The molecule has 3 amide bonds. The van der Waals surface area contributed by atoms with Gasteiger partial charge >= 0.3 is 0 Å². The fourth-order valence-corrected chi connectivity index (χ4v) is 5.10. The van der Waals surface area contributed by atoms with Crippen molar-refractivity contribution in [1.82, 2.24) is 9.47 Å². The van der Waals surface area contributed by atoms with Crippen molar-refractivity contribution < 1.29 is 14.4 Å². The lowest BCUT2D eigenvalue weighted by atomic mass is 10.1. The summed E-state index contributed by atoms with van der Waals surface area (Å²) >= 11 is 0.866. The Morgan fingerprint density at radius 1 is 1.00 bits per heavy atom. The monoisotopic (exact) mass is 487 g/mol. The molecule has 6 nitrogen and oxygen atoms in total. The predicted molar refractivity (Wildman–Crippen MR) is 142 cm³/mol. The molecule has 7 heteroatoms. The molecule has 1 aliphatic heterocycles. The van der Waals surface area contributed by atoms with Crippen molar-refractivity contribution in [2.24, 2.45) is 0 Å². The van der Waals surface area contributed by atoms with Crippen molar-refractivity contribution >= 4 is 40.6 Å². The number of rotatable bonds is 6. The number of imide groups is 1. The summed E-state index contributed by atoms with van der Waals surface area (Å²) in [5, 5.41) is 2.33. The van der Waals surface area contributed by atoms with Gasteiger partial charge in [-0.1, -0.05) is 31.2 Å². The minimum atomic E-state index is -0.450. The first-order chi connectivity index (χ1) is 16.7. The fraction of sp³-hybridized carbons (Fsp3) is 0.250. The molecule has 1 aliphatic rings. The van der Waals surface area contributed by atoms with E-state index in [1.54, 1.807) is 12.1 Å². The molecule has 0 bridgehead atoms. The van der Waals surface area contributed by atoms with Gasteiger partial charge in [-0.3, -0.25) is 19.3 Å². The standard InChI is InChI=1S/C28H29N3O3S/c1-6-21-9-7-8-10-24(21)31-19(4)14-22(20(31)5)15-25-27(33)30(28(34)35-25)16-26(32)29-23-12-11-17(2)18(3)13-23/h7-15H,6,16H2,1-5H3,(H,29,32)/b25-15-. The Bertz CT molecular complexity index is 1370. The summed E-state index contributed by atoms with van der Waals surface area (Å²) < 4.78 is 2.17. The molecule has 1 N–H and O–H groups in total. The van der Waals surface area contributed by atoms with Crippen LogP contribution in [0.1, 0.15) is 40.6 Å². The summed E-state index contributed by atoms with van der Waals surface area (Å²) in [5.74, 6) is -0.861. The van der Waals surface area contributed by atoms with E-state index >= 15 is 0 Å². The lowest BCUT2D eigenvalue weighted by Crippen LogP contribution is -2.36. The average Bonchev–Trinajstić information content (AvgIpc) is 3.25. The highest BCUT2D eigenvalue weighted by atomic mass is 32.2. The van der Waals surface area contributed by atoms with Gasteiger partial charge in [-0.2, -0.15) is 0 Å². The Labute approximate surface area is 210 Å². The number of thioether (sulfide) groups is 1. The Morgan fingerprint density at radius 3 is 2.46 bits per heavy atom. The molecule has 3 aromatic rings. The fourth-order valence-electron chi connectivity index (χ4n) is 4.27. The third-order valence-corrected chi connectivity index (χ3v) is 7.24. The van der Waals surface area contributed by atoms with Gasteiger partial charge in [-0.25, -0.2) is 0 Å². The third kappa shape index (κ3) is 4.95. The molecule has 2 aromatic carbocycles. The average molecular weight is 488 g/mol. The first-order valence-corrected chi connectivity index (χ1v) is 12.4. The number of hydrogen-bond acceptors (Lipinski definition) is 4. The van der Waals surface area contributed by atoms with E-state index in [9.17, 15) is 14.4 Å². The van der Waals surface area contributed by atoms with Crippen LogP contribution in [0.25, 0.3) is 11.8 Å². The molecular weight excluding hydrogens is 458 g/mol. The van der Waals surface area contributed by atoms with E-state index in [1.165, 1.54) is 5.56 Å². The van der Waals surface area contributed by atoms with Crippen molar-refractivity contribution in [2.75, 3.05) is 11.9 Å². The Balaban J connectivity index is 1.54. The molecule has 0 unspecified atom stereocenters. The van der Waals surface area contributed by atoms with Crippen molar-refractivity contribution in [1.29, 1.82) is 0 Å². The molecule has 0 atom stereocenters. The molecule has 0 radical (unpaired) electrons. The van der Waals surface area contributed by atoms with Crippen LogP contribution in [0.2, 0.25) is 0 Å². The lowest BCUT2D eigenvalue weighted by Gasteiger charge is -2.14. The number of para-hydroxylation sites is 1. The highest BCUT2D eigenvalue weighted by molar-refractivity contribution is 8.18. The second-order valence-electron chi connectivity index (χ2n) is 8.76. The van der Waals surface area contributed by atoms with Crippen LogP contribution in [0, 0.1) is 27.7 Å². The number of carbonyl (C=O) groups excluding carboxylic acids is 3. The van der Waals surface area contributed by atoms with Gasteiger partial charge in [0.25, 0.3) is 11.1 Å². The molecule has 1 saturated heterocycles. The van der Waals surface area contributed by atoms with E-state index < -0.39 is 17.1 Å². The van der Waals surface area contributed by atoms with Crippen LogP contribution in [-0.2, 0) is 16.0 Å². The van der Waals surface area contributed by atoms with E-state index in [0.717, 1.165) is 56.8 Å². The zero-order valence-electron chi connectivity index (χ0n) is 20.6. The van der Waals surface area contributed by atoms with Gasteiger partial charge in [0.2, 0.25) is 5.91 Å². The van der Waals surface area contributed by atoms with Crippen LogP contribution in [0.5, 0.6) is 0 Å². The minimum absolute atomic E-state index is 0.318. The molecule has 0 spiro atoms. The van der Waals surface area contributed by atoms with Crippen molar-refractivity contribution in [3.63, 3.8) is 0 Å². The molecular formula is C28H29N3O3S. The lowest BCUT2D eigenvalue weighted by molar-refractivity contribution is -0.127. The number of nitrogens with zero attached hydrogens (tertiary/aromatic N) is 2. The number of aryl methyl sites for hydroxylation is 4. The summed E-state index contributed by atoms with van der Waals surface area (Å²) in [6, 6.07) is 15.9. The quantitative estimate of drug-likeness (QED) is 0.436. The van der Waals surface area contributed by atoms with Gasteiger partial charge < -0.3 is 9.88 Å².